The zero-order valence-corrected chi connectivity index (χ0v) is 22.4. The van der Waals surface area contributed by atoms with Crippen LogP contribution in [-0.2, 0) is 9.53 Å². The molecule has 0 aliphatic heterocycles. The summed E-state index contributed by atoms with van der Waals surface area (Å²) in [7, 11) is 0. The number of rotatable bonds is 6. The van der Waals surface area contributed by atoms with Crippen LogP contribution in [-0.4, -0.2) is 49.3 Å². The Morgan fingerprint density at radius 1 is 1.18 bits per heavy atom. The minimum absolute atomic E-state index is 0.0378. The minimum Gasteiger partial charge on any atom is -0.456 e. The highest BCUT2D eigenvalue weighted by Crippen LogP contribution is 2.40. The van der Waals surface area contributed by atoms with Gasteiger partial charge < -0.3 is 14.6 Å². The summed E-state index contributed by atoms with van der Waals surface area (Å²) in [6.07, 6.45) is 1.60. The fourth-order valence-electron chi connectivity index (χ4n) is 4.21. The van der Waals surface area contributed by atoms with Gasteiger partial charge in [0.25, 0.3) is 5.91 Å². The van der Waals surface area contributed by atoms with E-state index in [2.05, 4.69) is 30.7 Å². The van der Waals surface area contributed by atoms with Crippen molar-refractivity contribution in [3.05, 3.63) is 46.9 Å². The van der Waals surface area contributed by atoms with Gasteiger partial charge in [0, 0.05) is 43.0 Å². The molecule has 38 heavy (non-hydrogen) atoms. The summed E-state index contributed by atoms with van der Waals surface area (Å²) in [6, 6.07) is 7.30. The maximum atomic E-state index is 15.4. The van der Waals surface area contributed by atoms with Gasteiger partial charge in [0.2, 0.25) is 11.7 Å². The normalized spacial score (nSPS) is 19.2. The molecule has 1 fully saturated rings. The predicted molar refractivity (Wildman–Crippen MR) is 141 cm³/mol. The van der Waals surface area contributed by atoms with Crippen LogP contribution >= 0.6 is 11.3 Å². The quantitative estimate of drug-likeness (QED) is 0.317. The van der Waals surface area contributed by atoms with E-state index in [9.17, 15) is 9.59 Å². The lowest BCUT2D eigenvalue weighted by Crippen LogP contribution is -2.54. The Balaban J connectivity index is 1.25. The highest BCUT2D eigenvalue weighted by Gasteiger charge is 2.51. The number of pyridine rings is 1. The number of halogens is 1. The Morgan fingerprint density at radius 3 is 2.63 bits per heavy atom. The third-order valence-corrected chi connectivity index (χ3v) is 7.09. The molecule has 1 aliphatic rings. The molecule has 10 nitrogen and oxygen atoms in total. The number of hydrogen-bond donors (Lipinski definition) is 2. The highest BCUT2D eigenvalue weighted by atomic mass is 32.1. The number of carbonyl (C=O) groups is 2. The Bertz CT molecular complexity index is 1540. The smallest absolute Gasteiger partial charge is 0.350 e. The monoisotopic (exact) mass is 538 g/mol. The van der Waals surface area contributed by atoms with Crippen LogP contribution in [0, 0.1) is 13.8 Å². The molecule has 0 radical (unpaired) electrons. The molecule has 0 unspecified atom stereocenters. The van der Waals surface area contributed by atoms with Crippen LogP contribution < -0.4 is 10.6 Å². The molecule has 0 atom stereocenters. The first-order chi connectivity index (χ1) is 17.9. The Labute approximate surface area is 222 Å². The van der Waals surface area contributed by atoms with Crippen molar-refractivity contribution in [3.8, 4) is 11.4 Å². The first-order valence-corrected chi connectivity index (χ1v) is 12.9. The van der Waals surface area contributed by atoms with Gasteiger partial charge in [-0.05, 0) is 45.2 Å². The van der Waals surface area contributed by atoms with E-state index in [0.717, 1.165) is 27.7 Å². The lowest BCUT2D eigenvalue weighted by atomic mass is 9.76. The van der Waals surface area contributed by atoms with E-state index in [4.69, 9.17) is 9.26 Å². The number of fused-ring (bicyclic) bond motifs is 1. The molecular weight excluding hydrogens is 511 g/mol. The summed E-state index contributed by atoms with van der Waals surface area (Å²) in [6.45, 7) is 8.65. The number of anilines is 2. The fraction of sp³-hybridized carbons (Fsp3) is 0.385. The number of thiazole rings is 1. The molecule has 198 valence electrons. The summed E-state index contributed by atoms with van der Waals surface area (Å²) >= 11 is 0.966. The van der Waals surface area contributed by atoms with Crippen molar-refractivity contribution in [2.75, 3.05) is 10.6 Å². The average molecular weight is 539 g/mol. The van der Waals surface area contributed by atoms with Crippen molar-refractivity contribution < 1.29 is 23.2 Å². The van der Waals surface area contributed by atoms with Crippen LogP contribution in [0.15, 0.2) is 35.0 Å². The molecule has 12 heteroatoms. The molecule has 3 aromatic heterocycles. The molecule has 0 saturated heterocycles. The van der Waals surface area contributed by atoms with Gasteiger partial charge in [0.15, 0.2) is 10.8 Å². The maximum Gasteiger partial charge on any atom is 0.350 e. The summed E-state index contributed by atoms with van der Waals surface area (Å²) in [4.78, 5) is 38.3. The van der Waals surface area contributed by atoms with Gasteiger partial charge in [-0.1, -0.05) is 28.6 Å². The number of esters is 1. The number of alkyl halides is 1. The van der Waals surface area contributed by atoms with Gasteiger partial charge in [0.05, 0.1) is 5.69 Å². The number of nitrogens with zero attached hydrogens (tertiary/aromatic N) is 4. The number of benzene rings is 1. The molecule has 3 heterocycles. The molecule has 0 spiro atoms. The first-order valence-electron chi connectivity index (χ1n) is 12.1. The molecule has 0 bridgehead atoms. The number of carbonyl (C=O) groups excluding carboxylic acids is 2. The van der Waals surface area contributed by atoms with Crippen molar-refractivity contribution >= 4 is 44.9 Å². The largest absolute Gasteiger partial charge is 0.456 e. The second-order valence-electron chi connectivity index (χ2n) is 10.3. The molecule has 1 aliphatic carbocycles. The molecule has 1 saturated carbocycles. The van der Waals surface area contributed by atoms with E-state index in [-0.39, 0.29) is 28.9 Å². The van der Waals surface area contributed by atoms with Crippen LogP contribution in [0.5, 0.6) is 0 Å². The summed E-state index contributed by atoms with van der Waals surface area (Å²) in [5.74, 6) is 0.187. The second-order valence-corrected chi connectivity index (χ2v) is 11.3. The number of aryl methyl sites for hydroxylation is 2. The third-order valence-electron chi connectivity index (χ3n) is 6.04. The van der Waals surface area contributed by atoms with Gasteiger partial charge >= 0.3 is 5.97 Å². The second kappa shape index (κ2) is 9.43. The number of amides is 1. The van der Waals surface area contributed by atoms with Gasteiger partial charge in [-0.3, -0.25) is 10.1 Å². The topological polar surface area (TPSA) is 132 Å². The highest BCUT2D eigenvalue weighted by molar-refractivity contribution is 7.17. The molecule has 4 aromatic rings. The Morgan fingerprint density at radius 2 is 1.95 bits per heavy atom. The third kappa shape index (κ3) is 5.21. The number of ether oxygens (including phenoxy) is 1. The van der Waals surface area contributed by atoms with Crippen molar-refractivity contribution in [1.29, 1.82) is 0 Å². The van der Waals surface area contributed by atoms with E-state index in [0.29, 0.717) is 23.2 Å². The van der Waals surface area contributed by atoms with E-state index in [1.165, 1.54) is 0 Å². The van der Waals surface area contributed by atoms with E-state index >= 15 is 4.39 Å². The van der Waals surface area contributed by atoms with Gasteiger partial charge in [-0.2, -0.15) is 4.98 Å². The summed E-state index contributed by atoms with van der Waals surface area (Å²) < 4.78 is 25.9. The van der Waals surface area contributed by atoms with Crippen LogP contribution in [0.1, 0.15) is 54.9 Å². The number of aromatic nitrogens is 4. The van der Waals surface area contributed by atoms with Crippen LogP contribution in [0.25, 0.3) is 22.2 Å². The standard InChI is InChI=1S/C26H27FN6O4S/c1-13-19(22(34)36-25(3,4)5)38-24(29-13)32-23(35)26(27)11-17(12-26)31-21-18-10-16(20-30-14(2)37-33-20)7-6-15(18)8-9-28-21/h6-10,17H,11-12H2,1-5H3,(H,28,31)(H,29,32,35). The van der Waals surface area contributed by atoms with Crippen molar-refractivity contribution in [1.82, 2.24) is 20.1 Å². The molecule has 5 rings (SSSR count). The zero-order chi connectivity index (χ0) is 27.2. The van der Waals surface area contributed by atoms with Crippen LogP contribution in [0.4, 0.5) is 15.3 Å². The van der Waals surface area contributed by atoms with Gasteiger partial charge in [0.1, 0.15) is 16.3 Å². The van der Waals surface area contributed by atoms with Gasteiger partial charge in [-0.25, -0.2) is 19.2 Å². The molecule has 1 aromatic carbocycles. The SMILES string of the molecule is Cc1nc(-c2ccc3ccnc(NC4CC(F)(C(=O)Nc5nc(C)c(C(=O)OC(C)(C)C)s5)C4)c3c2)no1. The Hall–Kier alpha value is -3.93. The minimum atomic E-state index is -2.07. The molecule has 2 N–H and O–H groups in total. The average Bonchev–Trinajstić information content (AvgIpc) is 3.42. The first kappa shape index (κ1) is 25.7. The van der Waals surface area contributed by atoms with Crippen LogP contribution in [0.2, 0.25) is 0 Å². The summed E-state index contributed by atoms with van der Waals surface area (Å²) in [5, 5.41) is 11.7. The van der Waals surface area contributed by atoms with Gasteiger partial charge in [-0.15, -0.1) is 0 Å². The molecular formula is C26H27FN6O4S. The maximum absolute atomic E-state index is 15.4. The van der Waals surface area contributed by atoms with Crippen LogP contribution in [0.3, 0.4) is 0 Å². The zero-order valence-electron chi connectivity index (χ0n) is 21.6. The van der Waals surface area contributed by atoms with Crippen molar-refractivity contribution in [2.24, 2.45) is 0 Å². The predicted octanol–water partition coefficient (Wildman–Crippen LogP) is 5.23. The van der Waals surface area contributed by atoms with E-state index in [1.807, 2.05) is 24.3 Å². The van der Waals surface area contributed by atoms with Crippen molar-refractivity contribution in [3.63, 3.8) is 0 Å². The van der Waals surface area contributed by atoms with E-state index in [1.54, 1.807) is 40.8 Å². The van der Waals surface area contributed by atoms with Crippen molar-refractivity contribution in [2.45, 2.75) is 64.8 Å². The lowest BCUT2D eigenvalue weighted by molar-refractivity contribution is -0.133. The molecule has 1 amide bonds. The Kier molecular flexibility index (Phi) is 6.38. The lowest BCUT2D eigenvalue weighted by Gasteiger charge is -2.40. The summed E-state index contributed by atoms with van der Waals surface area (Å²) in [5.41, 5.74) is -1.55. The number of hydrogen-bond acceptors (Lipinski definition) is 10. The van der Waals surface area contributed by atoms with E-state index < -0.39 is 23.1 Å². The fourth-order valence-corrected chi connectivity index (χ4v) is 5.05. The number of nitrogens with one attached hydrogen (secondary N) is 2.